The fraction of sp³-hybridized carbons (Fsp3) is 0.562. The van der Waals surface area contributed by atoms with Crippen molar-refractivity contribution in [1.29, 1.82) is 0 Å². The summed E-state index contributed by atoms with van der Waals surface area (Å²) in [6, 6.07) is 0. The molecule has 1 unspecified atom stereocenters. The van der Waals surface area contributed by atoms with Crippen LogP contribution in [0.25, 0.3) is 5.78 Å². The highest BCUT2D eigenvalue weighted by Crippen LogP contribution is 2.16. The Morgan fingerprint density at radius 1 is 1.40 bits per heavy atom. The number of carbonyl (C=O) groups excluding carboxylic acids is 1. The predicted octanol–water partition coefficient (Wildman–Crippen LogP) is 0.670. The molecule has 0 saturated carbocycles. The molecule has 0 aliphatic rings. The lowest BCUT2D eigenvalue weighted by atomic mass is 9.98. The minimum absolute atomic E-state index is 0.121. The van der Waals surface area contributed by atoms with Crippen LogP contribution in [0.4, 0.5) is 0 Å². The zero-order valence-electron chi connectivity index (χ0n) is 14.9. The molecule has 1 atom stereocenters. The van der Waals surface area contributed by atoms with E-state index in [0.717, 1.165) is 17.0 Å². The zero-order chi connectivity index (χ0) is 18.6. The van der Waals surface area contributed by atoms with Crippen LogP contribution >= 0.6 is 0 Å². The first-order valence-corrected chi connectivity index (χ1v) is 7.93. The molecular weight excluding hydrogens is 326 g/mol. The van der Waals surface area contributed by atoms with Crippen LogP contribution in [-0.2, 0) is 20.7 Å². The molecule has 0 aromatic carbocycles. The number of aromatic nitrogens is 4. The van der Waals surface area contributed by atoms with Gasteiger partial charge in [-0.25, -0.2) is 9.50 Å². The second-order valence-corrected chi connectivity index (χ2v) is 6.35. The van der Waals surface area contributed by atoms with E-state index in [-0.39, 0.29) is 25.4 Å². The number of methoxy groups -OCH3 is 1. The normalized spacial score (nSPS) is 13.6. The molecule has 9 nitrogen and oxygen atoms in total. The van der Waals surface area contributed by atoms with Gasteiger partial charge in [0.1, 0.15) is 6.33 Å². The smallest absolute Gasteiger partial charge is 0.305 e. The number of hydrogen-bond acceptors (Lipinski definition) is 6. The Morgan fingerprint density at radius 3 is 2.76 bits per heavy atom. The fourth-order valence-electron chi connectivity index (χ4n) is 2.94. The summed E-state index contributed by atoms with van der Waals surface area (Å²) in [6.07, 6.45) is 1.91. The number of carboxylic acids is 1. The van der Waals surface area contributed by atoms with Crippen molar-refractivity contribution in [1.82, 2.24) is 24.9 Å². The summed E-state index contributed by atoms with van der Waals surface area (Å²) < 4.78 is 6.68. The lowest BCUT2D eigenvalue weighted by molar-refractivity contribution is -0.139. The van der Waals surface area contributed by atoms with Gasteiger partial charge < -0.3 is 15.2 Å². The number of nitrogens with one attached hydrogen (secondary N) is 1. The van der Waals surface area contributed by atoms with E-state index in [2.05, 4.69) is 20.4 Å². The topological polar surface area (TPSA) is 119 Å². The van der Waals surface area contributed by atoms with Gasteiger partial charge in [0.2, 0.25) is 5.91 Å². The first-order chi connectivity index (χ1) is 11.8. The van der Waals surface area contributed by atoms with Crippen molar-refractivity contribution < 1.29 is 19.4 Å². The average molecular weight is 349 g/mol. The first kappa shape index (κ1) is 18.8. The predicted molar refractivity (Wildman–Crippen MR) is 89.3 cm³/mol. The second kappa shape index (κ2) is 7.56. The molecule has 2 aromatic heterocycles. The molecule has 2 heterocycles. The molecule has 0 fully saturated rings. The first-order valence-electron chi connectivity index (χ1n) is 7.93. The molecule has 136 valence electrons. The molecule has 0 saturated heterocycles. The van der Waals surface area contributed by atoms with Crippen LogP contribution in [0.1, 0.15) is 36.7 Å². The molecule has 0 aliphatic carbocycles. The molecule has 9 heteroatoms. The van der Waals surface area contributed by atoms with Gasteiger partial charge >= 0.3 is 5.97 Å². The summed E-state index contributed by atoms with van der Waals surface area (Å²) >= 11 is 0. The number of rotatable bonds is 8. The number of amides is 1. The highest BCUT2D eigenvalue weighted by atomic mass is 16.5. The van der Waals surface area contributed by atoms with Crippen LogP contribution in [-0.4, -0.2) is 55.8 Å². The van der Waals surface area contributed by atoms with E-state index < -0.39 is 11.5 Å². The van der Waals surface area contributed by atoms with Crippen LogP contribution in [0.2, 0.25) is 0 Å². The van der Waals surface area contributed by atoms with E-state index >= 15 is 0 Å². The summed E-state index contributed by atoms with van der Waals surface area (Å²) in [5, 5.41) is 15.9. The fourth-order valence-corrected chi connectivity index (χ4v) is 2.94. The lowest BCUT2D eigenvalue weighted by Crippen LogP contribution is -2.50. The Kier molecular flexibility index (Phi) is 5.68. The Morgan fingerprint density at radius 2 is 2.12 bits per heavy atom. The highest BCUT2D eigenvalue weighted by Gasteiger charge is 2.29. The number of carboxylic acid groups (broad SMARTS) is 1. The van der Waals surface area contributed by atoms with Crippen LogP contribution in [0.5, 0.6) is 0 Å². The summed E-state index contributed by atoms with van der Waals surface area (Å²) in [5.74, 6) is -0.706. The van der Waals surface area contributed by atoms with Gasteiger partial charge in [-0.15, -0.1) is 0 Å². The van der Waals surface area contributed by atoms with E-state index in [1.165, 1.54) is 13.4 Å². The molecule has 0 spiro atoms. The van der Waals surface area contributed by atoms with E-state index in [9.17, 15) is 9.59 Å². The lowest BCUT2D eigenvalue weighted by Gasteiger charge is -2.28. The van der Waals surface area contributed by atoms with Crippen molar-refractivity contribution in [3.05, 3.63) is 23.3 Å². The number of nitrogens with zero attached hydrogens (tertiary/aromatic N) is 4. The SMILES string of the molecule is COCC(C)(CC(=O)O)NC(=O)CCc1c(C)nc2ncnn2c1C. The summed E-state index contributed by atoms with van der Waals surface area (Å²) in [4.78, 5) is 31.8. The molecule has 2 N–H and O–H groups in total. The van der Waals surface area contributed by atoms with Crippen molar-refractivity contribution in [3.8, 4) is 0 Å². The molecule has 0 bridgehead atoms. The molecule has 0 aliphatic heterocycles. The maximum atomic E-state index is 12.3. The highest BCUT2D eigenvalue weighted by molar-refractivity contribution is 5.78. The molecule has 1 amide bonds. The van der Waals surface area contributed by atoms with Gasteiger partial charge in [0.25, 0.3) is 5.78 Å². The maximum Gasteiger partial charge on any atom is 0.305 e. The second-order valence-electron chi connectivity index (χ2n) is 6.35. The standard InChI is InChI=1S/C16H23N5O4/c1-10-12(11(2)21-15(19-10)17-9-18-21)5-6-13(22)20-16(3,8-25-4)7-14(23)24/h9H,5-8H2,1-4H3,(H,20,22)(H,23,24). The maximum absolute atomic E-state index is 12.3. The Hall–Kier alpha value is -2.55. The Balaban J connectivity index is 2.07. The molecular formula is C16H23N5O4. The van der Waals surface area contributed by atoms with Crippen LogP contribution in [0, 0.1) is 13.8 Å². The van der Waals surface area contributed by atoms with Gasteiger partial charge in [-0.1, -0.05) is 0 Å². The van der Waals surface area contributed by atoms with Crippen LogP contribution < -0.4 is 5.32 Å². The van der Waals surface area contributed by atoms with E-state index in [1.807, 2.05) is 13.8 Å². The van der Waals surface area contributed by atoms with Gasteiger partial charge in [0, 0.05) is 24.9 Å². The van der Waals surface area contributed by atoms with E-state index in [4.69, 9.17) is 9.84 Å². The molecule has 25 heavy (non-hydrogen) atoms. The third-order valence-electron chi connectivity index (χ3n) is 4.04. The minimum Gasteiger partial charge on any atom is -0.481 e. The van der Waals surface area contributed by atoms with Crippen molar-refractivity contribution in [2.45, 2.75) is 45.6 Å². The third kappa shape index (κ3) is 4.50. The number of hydrogen-bond donors (Lipinski definition) is 2. The molecule has 2 aromatic rings. The average Bonchev–Trinajstić information content (AvgIpc) is 2.94. The Labute approximate surface area is 145 Å². The van der Waals surface area contributed by atoms with Crippen molar-refractivity contribution in [2.24, 2.45) is 0 Å². The van der Waals surface area contributed by atoms with E-state index in [0.29, 0.717) is 12.2 Å². The monoisotopic (exact) mass is 349 g/mol. The number of carbonyl (C=O) groups is 2. The van der Waals surface area contributed by atoms with Gasteiger partial charge in [0.05, 0.1) is 18.6 Å². The van der Waals surface area contributed by atoms with Crippen molar-refractivity contribution in [2.75, 3.05) is 13.7 Å². The summed E-state index contributed by atoms with van der Waals surface area (Å²) in [6.45, 7) is 5.55. The number of aliphatic carboxylic acids is 1. The Bertz CT molecular complexity index is 788. The van der Waals surface area contributed by atoms with Gasteiger partial charge in [-0.3, -0.25) is 9.59 Å². The van der Waals surface area contributed by atoms with Crippen LogP contribution in [0.15, 0.2) is 6.33 Å². The van der Waals surface area contributed by atoms with Crippen molar-refractivity contribution >= 4 is 17.7 Å². The van der Waals surface area contributed by atoms with E-state index in [1.54, 1.807) is 11.4 Å². The van der Waals surface area contributed by atoms with Gasteiger partial charge in [0.15, 0.2) is 0 Å². The van der Waals surface area contributed by atoms with Gasteiger partial charge in [-0.05, 0) is 32.8 Å². The molecule has 2 rings (SSSR count). The number of ether oxygens (including phenoxy) is 1. The van der Waals surface area contributed by atoms with Crippen molar-refractivity contribution in [3.63, 3.8) is 0 Å². The summed E-state index contributed by atoms with van der Waals surface area (Å²) in [5.41, 5.74) is 1.67. The minimum atomic E-state index is -0.993. The summed E-state index contributed by atoms with van der Waals surface area (Å²) in [7, 11) is 1.47. The number of fused-ring (bicyclic) bond motifs is 1. The molecule has 0 radical (unpaired) electrons. The van der Waals surface area contributed by atoms with Gasteiger partial charge in [-0.2, -0.15) is 10.1 Å². The third-order valence-corrected chi connectivity index (χ3v) is 4.04. The quantitative estimate of drug-likeness (QED) is 0.719. The van der Waals surface area contributed by atoms with Crippen LogP contribution in [0.3, 0.4) is 0 Å². The number of aryl methyl sites for hydroxylation is 2. The largest absolute Gasteiger partial charge is 0.481 e. The zero-order valence-corrected chi connectivity index (χ0v) is 14.9.